The molecule has 0 bridgehead atoms. The first kappa shape index (κ1) is 17.4. The number of halogens is 1. The summed E-state index contributed by atoms with van der Waals surface area (Å²) in [5.74, 6) is -1.31. The zero-order valence-electron chi connectivity index (χ0n) is 13.2. The molecule has 1 N–H and O–H groups in total. The Labute approximate surface area is 147 Å². The predicted octanol–water partition coefficient (Wildman–Crippen LogP) is 2.94. The van der Waals surface area contributed by atoms with Crippen LogP contribution in [0.3, 0.4) is 0 Å². The Morgan fingerprint density at radius 3 is 2.80 bits per heavy atom. The van der Waals surface area contributed by atoms with Gasteiger partial charge in [-0.25, -0.2) is 12.8 Å². The average molecular weight is 379 g/mol. The molecule has 3 rings (SSSR count). The number of hydrogen-bond donors (Lipinski definition) is 1. The maximum absolute atomic E-state index is 13.5. The summed E-state index contributed by atoms with van der Waals surface area (Å²) in [5.41, 5.74) is 1.57. The lowest BCUT2D eigenvalue weighted by molar-refractivity contribution is -0.115. The highest BCUT2D eigenvalue weighted by Crippen LogP contribution is 2.22. The first-order valence-electron chi connectivity index (χ1n) is 7.37. The van der Waals surface area contributed by atoms with Crippen LogP contribution in [0.5, 0.6) is 0 Å². The average Bonchev–Trinajstić information content (AvgIpc) is 3.05. The van der Waals surface area contributed by atoms with Gasteiger partial charge in [-0.3, -0.25) is 4.79 Å². The molecule has 0 saturated heterocycles. The van der Waals surface area contributed by atoms with E-state index in [1.54, 1.807) is 25.1 Å². The van der Waals surface area contributed by atoms with E-state index in [0.29, 0.717) is 16.6 Å². The first-order chi connectivity index (χ1) is 11.9. The van der Waals surface area contributed by atoms with Gasteiger partial charge >= 0.3 is 0 Å². The minimum absolute atomic E-state index is 0.0629. The van der Waals surface area contributed by atoms with Gasteiger partial charge in [-0.2, -0.15) is 8.75 Å². The normalized spacial score (nSPS) is 11.6. The lowest BCUT2D eigenvalue weighted by Crippen LogP contribution is -2.17. The topological polar surface area (TPSA) is 89.0 Å². The largest absolute Gasteiger partial charge is 0.326 e. The molecule has 3 aromatic rings. The summed E-state index contributed by atoms with van der Waals surface area (Å²) in [6.45, 7) is 1.61. The van der Waals surface area contributed by atoms with Crippen LogP contribution in [0, 0.1) is 12.7 Å². The van der Waals surface area contributed by atoms with Crippen molar-refractivity contribution in [2.45, 2.75) is 18.2 Å². The monoisotopic (exact) mass is 379 g/mol. The number of nitrogens with one attached hydrogen (secondary N) is 1. The molecule has 0 atom stereocenters. The van der Waals surface area contributed by atoms with Crippen molar-refractivity contribution in [1.82, 2.24) is 8.75 Å². The van der Waals surface area contributed by atoms with Gasteiger partial charge in [0, 0.05) is 12.1 Å². The fourth-order valence-electron chi connectivity index (χ4n) is 2.26. The molecule has 1 amide bonds. The van der Waals surface area contributed by atoms with Gasteiger partial charge in [0.15, 0.2) is 9.84 Å². The molecule has 1 heterocycles. The summed E-state index contributed by atoms with van der Waals surface area (Å²) >= 11 is 0.933. The molecule has 0 radical (unpaired) electrons. The van der Waals surface area contributed by atoms with Crippen LogP contribution in [0.25, 0.3) is 11.0 Å². The van der Waals surface area contributed by atoms with E-state index in [2.05, 4.69) is 14.1 Å². The molecule has 130 valence electrons. The van der Waals surface area contributed by atoms with Crippen LogP contribution in [0.2, 0.25) is 0 Å². The highest BCUT2D eigenvalue weighted by molar-refractivity contribution is 7.91. The highest BCUT2D eigenvalue weighted by atomic mass is 32.2. The summed E-state index contributed by atoms with van der Waals surface area (Å²) in [7, 11) is -3.69. The van der Waals surface area contributed by atoms with Gasteiger partial charge < -0.3 is 5.32 Å². The zero-order valence-corrected chi connectivity index (χ0v) is 14.8. The summed E-state index contributed by atoms with van der Waals surface area (Å²) in [6, 6.07) is 9.02. The van der Waals surface area contributed by atoms with Crippen molar-refractivity contribution in [1.29, 1.82) is 0 Å². The molecular weight excluding hydrogens is 365 g/mol. The van der Waals surface area contributed by atoms with Crippen molar-refractivity contribution >= 4 is 44.2 Å². The number of aromatic nitrogens is 2. The lowest BCUT2D eigenvalue weighted by Gasteiger charge is -2.07. The molecular formula is C16H14FN3O3S2. The van der Waals surface area contributed by atoms with Crippen LogP contribution in [0.15, 0.2) is 41.3 Å². The van der Waals surface area contributed by atoms with E-state index in [-0.39, 0.29) is 22.8 Å². The zero-order chi connectivity index (χ0) is 18.0. The van der Waals surface area contributed by atoms with Crippen LogP contribution < -0.4 is 5.32 Å². The molecule has 1 aromatic heterocycles. The van der Waals surface area contributed by atoms with Crippen molar-refractivity contribution in [2.24, 2.45) is 0 Å². The van der Waals surface area contributed by atoms with E-state index in [4.69, 9.17) is 0 Å². The lowest BCUT2D eigenvalue weighted by atomic mass is 10.2. The molecule has 0 aliphatic heterocycles. The molecule has 0 fully saturated rings. The van der Waals surface area contributed by atoms with Crippen molar-refractivity contribution < 1.29 is 17.6 Å². The number of fused-ring (bicyclic) bond motifs is 1. The van der Waals surface area contributed by atoms with Gasteiger partial charge in [-0.1, -0.05) is 12.1 Å². The Bertz CT molecular complexity index is 1050. The molecule has 2 aromatic carbocycles. The van der Waals surface area contributed by atoms with Crippen molar-refractivity contribution in [3.8, 4) is 0 Å². The Balaban J connectivity index is 1.70. The van der Waals surface area contributed by atoms with Crippen LogP contribution >= 0.6 is 11.7 Å². The maximum atomic E-state index is 13.5. The Hall–Kier alpha value is -2.39. The summed E-state index contributed by atoms with van der Waals surface area (Å²) in [5, 5.41) is 2.50. The standard InChI is InChI=1S/C16H14FN3O3S2/c1-10-5-6-11(9-12(10)17)18-15(21)7-8-25(22,23)14-4-2-3-13-16(14)20-24-19-13/h2-6,9H,7-8H2,1H3,(H,18,21). The third-order valence-corrected chi connectivity index (χ3v) is 5.92. The number of aryl methyl sites for hydroxylation is 1. The molecule has 0 unspecified atom stereocenters. The molecule has 0 aliphatic rings. The number of hydrogen-bond acceptors (Lipinski definition) is 6. The second-order valence-electron chi connectivity index (χ2n) is 5.47. The van der Waals surface area contributed by atoms with E-state index in [1.165, 1.54) is 18.2 Å². The molecule has 6 nitrogen and oxygen atoms in total. The number of benzene rings is 2. The third-order valence-electron chi connectivity index (χ3n) is 3.64. The number of sulfone groups is 1. The van der Waals surface area contributed by atoms with E-state index in [0.717, 1.165) is 11.7 Å². The second kappa shape index (κ2) is 6.85. The smallest absolute Gasteiger partial charge is 0.225 e. The summed E-state index contributed by atoms with van der Waals surface area (Å²) in [6.07, 6.45) is -0.244. The molecule has 0 spiro atoms. The fraction of sp³-hybridized carbons (Fsp3) is 0.188. The van der Waals surface area contributed by atoms with Crippen LogP contribution in [-0.4, -0.2) is 28.8 Å². The van der Waals surface area contributed by atoms with Crippen LogP contribution in [0.1, 0.15) is 12.0 Å². The Kier molecular flexibility index (Phi) is 4.78. The number of nitrogens with zero attached hydrogens (tertiary/aromatic N) is 2. The van der Waals surface area contributed by atoms with Gasteiger partial charge in [0.25, 0.3) is 0 Å². The van der Waals surface area contributed by atoms with Crippen molar-refractivity contribution in [3.05, 3.63) is 47.8 Å². The number of anilines is 1. The van der Waals surface area contributed by atoms with Crippen LogP contribution in [-0.2, 0) is 14.6 Å². The third kappa shape index (κ3) is 3.83. The van der Waals surface area contributed by atoms with Crippen molar-refractivity contribution in [2.75, 3.05) is 11.1 Å². The predicted molar refractivity (Wildman–Crippen MR) is 93.9 cm³/mol. The quantitative estimate of drug-likeness (QED) is 0.736. The fourth-order valence-corrected chi connectivity index (χ4v) is 4.28. The minimum Gasteiger partial charge on any atom is -0.326 e. The Morgan fingerprint density at radius 2 is 2.04 bits per heavy atom. The van der Waals surface area contributed by atoms with E-state index >= 15 is 0 Å². The van der Waals surface area contributed by atoms with Gasteiger partial charge in [-0.05, 0) is 36.8 Å². The minimum atomic E-state index is -3.69. The maximum Gasteiger partial charge on any atom is 0.225 e. The van der Waals surface area contributed by atoms with Gasteiger partial charge in [0.2, 0.25) is 5.91 Å². The van der Waals surface area contributed by atoms with E-state index in [1.807, 2.05) is 0 Å². The van der Waals surface area contributed by atoms with Gasteiger partial charge in [-0.15, -0.1) is 0 Å². The highest BCUT2D eigenvalue weighted by Gasteiger charge is 2.21. The SMILES string of the molecule is Cc1ccc(NC(=O)CCS(=O)(=O)c2cccc3nsnc23)cc1F. The second-order valence-corrected chi connectivity index (χ2v) is 8.08. The molecule has 0 aliphatic carbocycles. The van der Waals surface area contributed by atoms with Crippen molar-refractivity contribution in [3.63, 3.8) is 0 Å². The van der Waals surface area contributed by atoms with Crippen LogP contribution in [0.4, 0.5) is 10.1 Å². The molecule has 9 heteroatoms. The number of rotatable bonds is 5. The first-order valence-corrected chi connectivity index (χ1v) is 9.75. The van der Waals surface area contributed by atoms with E-state index in [9.17, 15) is 17.6 Å². The molecule has 25 heavy (non-hydrogen) atoms. The number of carbonyl (C=O) groups is 1. The van der Waals surface area contributed by atoms with E-state index < -0.39 is 21.6 Å². The van der Waals surface area contributed by atoms with Gasteiger partial charge in [0.1, 0.15) is 16.9 Å². The Morgan fingerprint density at radius 1 is 1.24 bits per heavy atom. The number of amides is 1. The summed E-state index contributed by atoms with van der Waals surface area (Å²) in [4.78, 5) is 12.0. The molecule has 0 saturated carbocycles. The summed E-state index contributed by atoms with van der Waals surface area (Å²) < 4.78 is 46.5. The number of carbonyl (C=O) groups excluding carboxylic acids is 1. The van der Waals surface area contributed by atoms with Gasteiger partial charge in [0.05, 0.1) is 22.4 Å².